The smallest absolute Gasteiger partial charge is 0.413 e. The minimum Gasteiger partial charge on any atom is -0.458 e. The fourth-order valence-corrected chi connectivity index (χ4v) is 7.51. The predicted octanol–water partition coefficient (Wildman–Crippen LogP) is 7.39. The largest absolute Gasteiger partial charge is 0.458 e. The van der Waals surface area contributed by atoms with Crippen LogP contribution in [0.5, 0.6) is 0 Å². The summed E-state index contributed by atoms with van der Waals surface area (Å²) in [6.45, 7) is 26.9. The molecule has 3 aromatic rings. The maximum Gasteiger partial charge on any atom is 0.413 e. The van der Waals surface area contributed by atoms with Crippen molar-refractivity contribution in [3.05, 3.63) is 48.5 Å². The molecule has 0 radical (unpaired) electrons. The number of aromatic nitrogens is 4. The topological polar surface area (TPSA) is 207 Å². The highest BCUT2D eigenvalue weighted by atomic mass is 16.8. The average Bonchev–Trinajstić information content (AvgIpc) is 3.83. The van der Waals surface area contributed by atoms with E-state index in [0.717, 1.165) is 5.56 Å². The number of esters is 1. The fraction of sp³-hybridized carbons (Fsp3) is 0.681. The molecule has 2 saturated heterocycles. The Kier molecular flexibility index (Phi) is 16.4. The van der Waals surface area contributed by atoms with Gasteiger partial charge in [0.1, 0.15) is 53.1 Å². The number of fused-ring (bicyclic) bond motifs is 2. The first-order chi connectivity index (χ1) is 30.5. The molecule has 3 amide bonds. The second kappa shape index (κ2) is 20.8. The van der Waals surface area contributed by atoms with E-state index in [2.05, 4.69) is 30.5 Å². The van der Waals surface area contributed by atoms with Crippen molar-refractivity contribution >= 4 is 41.2 Å². The van der Waals surface area contributed by atoms with E-state index in [9.17, 15) is 19.2 Å². The van der Waals surface area contributed by atoms with Gasteiger partial charge < -0.3 is 48.3 Å². The minimum atomic E-state index is -1.05. The molecule has 2 aromatic heterocycles. The molecule has 0 unspecified atom stereocenters. The number of carbonyl (C=O) groups is 4. The first-order valence-corrected chi connectivity index (χ1v) is 22.7. The van der Waals surface area contributed by atoms with Crippen molar-refractivity contribution in [2.45, 2.75) is 175 Å². The lowest BCUT2D eigenvalue weighted by atomic mass is 10.1. The van der Waals surface area contributed by atoms with Crippen LogP contribution >= 0.6 is 0 Å². The summed E-state index contributed by atoms with van der Waals surface area (Å²) in [7, 11) is 0. The molecule has 19 nitrogen and oxygen atoms in total. The summed E-state index contributed by atoms with van der Waals surface area (Å²) in [4.78, 5) is 70.2. The number of hydrogen-bond donors (Lipinski definition) is 2. The van der Waals surface area contributed by atoms with Crippen LogP contribution in [0, 0.1) is 0 Å². The van der Waals surface area contributed by atoms with Crippen molar-refractivity contribution in [2.24, 2.45) is 0 Å². The van der Waals surface area contributed by atoms with E-state index in [0.29, 0.717) is 56.7 Å². The molecule has 2 fully saturated rings. The maximum atomic E-state index is 13.7. The molecule has 366 valence electrons. The Morgan fingerprint density at radius 2 is 1.38 bits per heavy atom. The van der Waals surface area contributed by atoms with E-state index in [1.807, 2.05) is 65.0 Å². The molecule has 0 aliphatic carbocycles. The van der Waals surface area contributed by atoms with Crippen molar-refractivity contribution in [1.82, 2.24) is 34.6 Å². The van der Waals surface area contributed by atoms with Crippen LogP contribution in [0.15, 0.2) is 43.0 Å². The first kappa shape index (κ1) is 51.9. The molecule has 2 aliphatic rings. The molecule has 19 heteroatoms. The summed E-state index contributed by atoms with van der Waals surface area (Å²) in [5, 5.41) is 5.42. The van der Waals surface area contributed by atoms with Crippen LogP contribution in [0.2, 0.25) is 0 Å². The summed E-state index contributed by atoms with van der Waals surface area (Å²) < 4.78 is 44.2. The summed E-state index contributed by atoms with van der Waals surface area (Å²) >= 11 is 0. The number of alkyl carbamates (subject to hydrolysis) is 1. The van der Waals surface area contributed by atoms with Crippen LogP contribution in [0.4, 0.5) is 20.2 Å². The fourth-order valence-electron chi connectivity index (χ4n) is 7.51. The van der Waals surface area contributed by atoms with Crippen LogP contribution in [-0.2, 0) is 44.4 Å². The maximum absolute atomic E-state index is 13.7. The third-order valence-corrected chi connectivity index (χ3v) is 10.00. The van der Waals surface area contributed by atoms with E-state index >= 15 is 0 Å². The van der Waals surface area contributed by atoms with Crippen LogP contribution in [0.3, 0.4) is 0 Å². The normalized spacial score (nSPS) is 20.1. The highest BCUT2D eigenvalue weighted by Crippen LogP contribution is 2.44. The molecular weight excluding hydrogens is 853 g/mol. The quantitative estimate of drug-likeness (QED) is 0.106. The second-order valence-corrected chi connectivity index (χ2v) is 21.2. The molecule has 2 N–H and O–H groups in total. The Labute approximate surface area is 388 Å². The van der Waals surface area contributed by atoms with Gasteiger partial charge in [0, 0.05) is 26.2 Å². The van der Waals surface area contributed by atoms with Gasteiger partial charge in [-0.1, -0.05) is 30.3 Å². The van der Waals surface area contributed by atoms with E-state index in [1.165, 1.54) is 6.33 Å². The number of anilines is 1. The molecule has 5 rings (SSSR count). The molecule has 66 heavy (non-hydrogen) atoms. The van der Waals surface area contributed by atoms with Gasteiger partial charge in [-0.15, -0.1) is 0 Å². The summed E-state index contributed by atoms with van der Waals surface area (Å²) in [5.41, 5.74) is -1.26. The number of hydrogen-bond acceptors (Lipinski definition) is 15. The Morgan fingerprint density at radius 1 is 0.758 bits per heavy atom. The lowest BCUT2D eigenvalue weighted by molar-refractivity contribution is -0.198. The molecule has 2 aliphatic heterocycles. The second-order valence-electron chi connectivity index (χ2n) is 21.2. The third-order valence-electron chi connectivity index (χ3n) is 10.00. The Balaban J connectivity index is 1.42. The summed E-state index contributed by atoms with van der Waals surface area (Å²) in [6.07, 6.45) is -0.172. The SMILES string of the molecule is CC(C)(C)OC(=O)Nc1ncnc2c1ncn2[C@@H]1O[C@H](CN(CCCN(CCc2ccccc2)C(=O)OC(C)(C)C)CC[C@H](NC(=O)OC(C)(C)C)C(=O)OC(C)(C)C)[C@H]2OC(C)(C)O[C@H]21. The van der Waals surface area contributed by atoms with Gasteiger partial charge in [-0.3, -0.25) is 9.88 Å². The number of rotatable bonds is 16. The van der Waals surface area contributed by atoms with Crippen molar-refractivity contribution < 1.29 is 52.3 Å². The van der Waals surface area contributed by atoms with Gasteiger partial charge in [-0.2, -0.15) is 0 Å². The average molecular weight is 925 g/mol. The zero-order valence-electron chi connectivity index (χ0n) is 41.3. The van der Waals surface area contributed by atoms with E-state index in [1.54, 1.807) is 78.1 Å². The van der Waals surface area contributed by atoms with Crippen LogP contribution in [-0.4, -0.2) is 139 Å². The van der Waals surface area contributed by atoms with E-state index in [4.69, 9.17) is 33.2 Å². The number of nitrogens with zero attached hydrogens (tertiary/aromatic N) is 6. The van der Waals surface area contributed by atoms with Crippen molar-refractivity contribution in [3.63, 3.8) is 0 Å². The molecule has 4 heterocycles. The van der Waals surface area contributed by atoms with Crippen LogP contribution < -0.4 is 10.6 Å². The lowest BCUT2D eigenvalue weighted by Gasteiger charge is -2.32. The molecule has 0 spiro atoms. The number of carbonyl (C=O) groups excluding carboxylic acids is 4. The number of benzene rings is 1. The summed E-state index contributed by atoms with van der Waals surface area (Å²) in [5.74, 6) is -1.41. The van der Waals surface area contributed by atoms with Crippen molar-refractivity contribution in [1.29, 1.82) is 0 Å². The number of imidazole rings is 1. The Bertz CT molecular complexity index is 2120. The van der Waals surface area contributed by atoms with Gasteiger partial charge in [0.05, 0.1) is 6.33 Å². The number of nitrogens with one attached hydrogen (secondary N) is 2. The van der Waals surface area contributed by atoms with Crippen molar-refractivity contribution in [3.8, 4) is 0 Å². The molecular formula is C47H72N8O11. The Morgan fingerprint density at radius 3 is 2.02 bits per heavy atom. The molecule has 5 atom stereocenters. The van der Waals surface area contributed by atoms with Gasteiger partial charge in [0.2, 0.25) is 0 Å². The standard InChI is InChI=1S/C47H72N8O11/c1-43(2,3)63-39(56)31(51-40(57)64-44(4,5)6)22-25-53(23-18-24-54(42(59)66-46(10,11)12)26-21-30-19-16-15-17-20-30)27-32-34-35(62-47(13,14)61-34)38(60-32)55-29-50-33-36(48-28-49-37(33)55)52-41(58)65-45(7,8)9/h15-17,19-20,28-29,31-32,34-35,38H,18,21-27H2,1-14H3,(H,51,57)(H,48,49,52,58)/t31-,32+,34+,35+,38+/m0/s1. The molecule has 0 saturated carbocycles. The van der Waals surface area contributed by atoms with Gasteiger partial charge in [0.15, 0.2) is 29.0 Å². The molecule has 1 aromatic carbocycles. The molecule has 0 bridgehead atoms. The van der Waals surface area contributed by atoms with Crippen molar-refractivity contribution in [2.75, 3.05) is 38.0 Å². The number of amides is 3. The van der Waals surface area contributed by atoms with Gasteiger partial charge in [-0.05, 0) is 128 Å². The van der Waals surface area contributed by atoms with Gasteiger partial charge in [-0.25, -0.2) is 34.1 Å². The first-order valence-electron chi connectivity index (χ1n) is 22.7. The zero-order valence-corrected chi connectivity index (χ0v) is 41.3. The summed E-state index contributed by atoms with van der Waals surface area (Å²) in [6, 6.07) is 8.89. The van der Waals surface area contributed by atoms with Crippen LogP contribution in [0.25, 0.3) is 11.2 Å². The Hall–Kier alpha value is -5.11. The highest BCUT2D eigenvalue weighted by Gasteiger charge is 2.56. The lowest BCUT2D eigenvalue weighted by Crippen LogP contribution is -2.48. The minimum absolute atomic E-state index is 0.154. The monoisotopic (exact) mass is 925 g/mol. The predicted molar refractivity (Wildman–Crippen MR) is 246 cm³/mol. The van der Waals surface area contributed by atoms with E-state index in [-0.39, 0.29) is 12.2 Å². The van der Waals surface area contributed by atoms with E-state index < -0.39 is 83.0 Å². The van der Waals surface area contributed by atoms with Gasteiger partial charge >= 0.3 is 24.2 Å². The highest BCUT2D eigenvalue weighted by molar-refractivity contribution is 5.93. The zero-order chi connectivity index (χ0) is 48.8. The third kappa shape index (κ3) is 15.8. The van der Waals surface area contributed by atoms with Gasteiger partial charge in [0.25, 0.3) is 0 Å². The van der Waals surface area contributed by atoms with Crippen LogP contribution in [0.1, 0.15) is 122 Å². The number of ether oxygens (including phenoxy) is 7.